The second-order valence-corrected chi connectivity index (χ2v) is 10.3. The molecule has 9 heteroatoms. The Kier molecular flexibility index (Phi) is 7.09. The summed E-state index contributed by atoms with van der Waals surface area (Å²) in [4.78, 5) is 17.1. The Labute approximate surface area is 204 Å². The number of carbonyl (C=O) groups excluding carboxylic acids is 1. The van der Waals surface area contributed by atoms with Crippen LogP contribution in [0.4, 0.5) is 15.8 Å². The Balaban J connectivity index is 1.55. The molecule has 178 valence electrons. The highest BCUT2D eigenvalue weighted by molar-refractivity contribution is 7.92. The number of benzene rings is 3. The minimum atomic E-state index is -4.00. The van der Waals surface area contributed by atoms with Crippen LogP contribution < -0.4 is 9.21 Å². The van der Waals surface area contributed by atoms with Gasteiger partial charge in [0.05, 0.1) is 10.6 Å². The zero-order valence-electron chi connectivity index (χ0n) is 18.7. The third kappa shape index (κ3) is 5.03. The quantitative estimate of drug-likeness (QED) is 0.504. The number of anilines is 2. The lowest BCUT2D eigenvalue weighted by molar-refractivity contribution is -0.129. The highest BCUT2D eigenvalue weighted by Crippen LogP contribution is 2.31. The minimum Gasteiger partial charge on any atom is -0.368 e. The van der Waals surface area contributed by atoms with Crippen LogP contribution in [0.15, 0.2) is 77.7 Å². The van der Waals surface area contributed by atoms with Crippen molar-refractivity contribution in [2.24, 2.45) is 0 Å². The predicted molar refractivity (Wildman–Crippen MR) is 132 cm³/mol. The molecule has 0 atom stereocenters. The molecule has 1 aliphatic rings. The topological polar surface area (TPSA) is 60.9 Å². The molecule has 1 amide bonds. The number of halogens is 2. The van der Waals surface area contributed by atoms with Crippen molar-refractivity contribution < 1.29 is 17.6 Å². The Morgan fingerprint density at radius 2 is 1.59 bits per heavy atom. The van der Waals surface area contributed by atoms with Gasteiger partial charge in [-0.25, -0.2) is 12.8 Å². The van der Waals surface area contributed by atoms with Crippen LogP contribution >= 0.6 is 11.6 Å². The first-order valence-corrected chi connectivity index (χ1v) is 12.7. The van der Waals surface area contributed by atoms with Crippen LogP contribution in [0.25, 0.3) is 0 Å². The number of sulfonamides is 1. The second-order valence-electron chi connectivity index (χ2n) is 8.05. The molecule has 0 aliphatic carbocycles. The molecule has 1 aliphatic heterocycles. The standard InChI is InChI=1S/C25H25ClFN3O3S/c1-19-23(26)8-5-9-24(19)30(34(32,33)22-6-3-2-4-7-22)18-25(31)29-16-14-28(15-17-29)21-12-10-20(27)11-13-21/h2-13H,14-18H2,1H3. The lowest BCUT2D eigenvalue weighted by Crippen LogP contribution is -2.52. The normalized spacial score (nSPS) is 14.2. The molecule has 1 saturated heterocycles. The van der Waals surface area contributed by atoms with E-state index in [0.29, 0.717) is 42.5 Å². The first-order chi connectivity index (χ1) is 16.3. The zero-order chi connectivity index (χ0) is 24.3. The van der Waals surface area contributed by atoms with Crippen molar-refractivity contribution in [3.8, 4) is 0 Å². The fourth-order valence-electron chi connectivity index (χ4n) is 3.97. The molecular weight excluding hydrogens is 477 g/mol. The van der Waals surface area contributed by atoms with Gasteiger partial charge in [-0.15, -0.1) is 0 Å². The van der Waals surface area contributed by atoms with E-state index in [2.05, 4.69) is 4.90 Å². The number of amides is 1. The SMILES string of the molecule is Cc1c(Cl)cccc1N(CC(=O)N1CCN(c2ccc(F)cc2)CC1)S(=O)(=O)c1ccccc1. The molecule has 0 aromatic heterocycles. The van der Waals surface area contributed by atoms with E-state index in [1.165, 1.54) is 24.3 Å². The number of rotatable bonds is 6. The predicted octanol–water partition coefficient (Wildman–Crippen LogP) is 4.33. The van der Waals surface area contributed by atoms with E-state index in [1.807, 2.05) is 0 Å². The summed E-state index contributed by atoms with van der Waals surface area (Å²) in [5, 5.41) is 0.422. The van der Waals surface area contributed by atoms with Crippen LogP contribution in [0.5, 0.6) is 0 Å². The zero-order valence-corrected chi connectivity index (χ0v) is 20.3. The largest absolute Gasteiger partial charge is 0.368 e. The molecule has 6 nitrogen and oxygen atoms in total. The summed E-state index contributed by atoms with van der Waals surface area (Å²) in [6.45, 7) is 3.40. The van der Waals surface area contributed by atoms with Gasteiger partial charge in [-0.1, -0.05) is 35.9 Å². The van der Waals surface area contributed by atoms with E-state index >= 15 is 0 Å². The fraction of sp³-hybridized carbons (Fsp3) is 0.240. The van der Waals surface area contributed by atoms with Gasteiger partial charge in [-0.05, 0) is 61.0 Å². The first kappa shape index (κ1) is 24.0. The third-order valence-corrected chi connectivity index (χ3v) is 8.13. The maximum absolute atomic E-state index is 13.6. The van der Waals surface area contributed by atoms with Crippen molar-refractivity contribution in [1.82, 2.24) is 4.90 Å². The van der Waals surface area contributed by atoms with Crippen molar-refractivity contribution in [1.29, 1.82) is 0 Å². The van der Waals surface area contributed by atoms with E-state index in [1.54, 1.807) is 60.4 Å². The molecule has 0 bridgehead atoms. The van der Waals surface area contributed by atoms with Crippen molar-refractivity contribution in [3.05, 3.63) is 89.2 Å². The molecule has 1 fully saturated rings. The highest BCUT2D eigenvalue weighted by Gasteiger charge is 2.31. The van der Waals surface area contributed by atoms with E-state index in [-0.39, 0.29) is 23.2 Å². The second kappa shape index (κ2) is 10.0. The average Bonchev–Trinajstić information content (AvgIpc) is 2.85. The monoisotopic (exact) mass is 501 g/mol. The summed E-state index contributed by atoms with van der Waals surface area (Å²) >= 11 is 6.28. The summed E-state index contributed by atoms with van der Waals surface area (Å²) in [6, 6.07) is 19.3. The van der Waals surface area contributed by atoms with Gasteiger partial charge >= 0.3 is 0 Å². The molecule has 4 rings (SSSR count). The number of hydrogen-bond donors (Lipinski definition) is 0. The van der Waals surface area contributed by atoms with E-state index in [4.69, 9.17) is 11.6 Å². The van der Waals surface area contributed by atoms with E-state index in [0.717, 1.165) is 9.99 Å². The Morgan fingerprint density at radius 3 is 2.24 bits per heavy atom. The van der Waals surface area contributed by atoms with Crippen LogP contribution in [0.3, 0.4) is 0 Å². The summed E-state index contributed by atoms with van der Waals surface area (Å²) in [6.07, 6.45) is 0. The molecule has 34 heavy (non-hydrogen) atoms. The molecular formula is C25H25ClFN3O3S. The van der Waals surface area contributed by atoms with Gasteiger partial charge in [0.15, 0.2) is 0 Å². The molecule has 3 aromatic carbocycles. The fourth-order valence-corrected chi connectivity index (χ4v) is 5.64. The van der Waals surface area contributed by atoms with Gasteiger partial charge in [-0.3, -0.25) is 9.10 Å². The Hall–Kier alpha value is -3.10. The Bertz CT molecular complexity index is 1260. The van der Waals surface area contributed by atoms with Gasteiger partial charge < -0.3 is 9.80 Å². The average molecular weight is 502 g/mol. The van der Waals surface area contributed by atoms with Crippen molar-refractivity contribution >= 4 is 38.9 Å². The van der Waals surface area contributed by atoms with Gasteiger partial charge in [0.25, 0.3) is 10.0 Å². The molecule has 3 aromatic rings. The number of hydrogen-bond acceptors (Lipinski definition) is 4. The molecule has 0 spiro atoms. The smallest absolute Gasteiger partial charge is 0.264 e. The van der Waals surface area contributed by atoms with Crippen molar-refractivity contribution in [2.45, 2.75) is 11.8 Å². The first-order valence-electron chi connectivity index (χ1n) is 10.9. The number of piperazine rings is 1. The summed E-state index contributed by atoms with van der Waals surface area (Å²) in [5.41, 5.74) is 1.84. The number of nitrogens with zero attached hydrogens (tertiary/aromatic N) is 3. The third-order valence-electron chi connectivity index (χ3n) is 5.94. The van der Waals surface area contributed by atoms with Crippen LogP contribution in [-0.2, 0) is 14.8 Å². The van der Waals surface area contributed by atoms with Crippen LogP contribution in [0.1, 0.15) is 5.56 Å². The summed E-state index contributed by atoms with van der Waals surface area (Å²) < 4.78 is 41.5. The van der Waals surface area contributed by atoms with Crippen molar-refractivity contribution in [3.63, 3.8) is 0 Å². The lowest BCUT2D eigenvalue weighted by Gasteiger charge is -2.37. The van der Waals surface area contributed by atoms with Crippen LogP contribution in [0.2, 0.25) is 5.02 Å². The Morgan fingerprint density at radius 1 is 0.941 bits per heavy atom. The van der Waals surface area contributed by atoms with Crippen LogP contribution in [0, 0.1) is 12.7 Å². The van der Waals surface area contributed by atoms with Gasteiger partial charge in [0.2, 0.25) is 5.91 Å². The summed E-state index contributed by atoms with van der Waals surface area (Å²) in [5.74, 6) is -0.591. The van der Waals surface area contributed by atoms with Gasteiger partial charge in [0, 0.05) is 36.9 Å². The lowest BCUT2D eigenvalue weighted by atomic mass is 10.2. The van der Waals surface area contributed by atoms with Gasteiger partial charge in [-0.2, -0.15) is 0 Å². The van der Waals surface area contributed by atoms with Gasteiger partial charge in [0.1, 0.15) is 12.4 Å². The minimum absolute atomic E-state index is 0.100. The molecule has 0 unspecified atom stereocenters. The molecule has 0 saturated carbocycles. The molecule has 1 heterocycles. The highest BCUT2D eigenvalue weighted by atomic mass is 35.5. The molecule has 0 N–H and O–H groups in total. The maximum atomic E-state index is 13.6. The summed E-state index contributed by atoms with van der Waals surface area (Å²) in [7, 11) is -4.00. The van der Waals surface area contributed by atoms with Crippen LogP contribution in [-0.4, -0.2) is 51.9 Å². The van der Waals surface area contributed by atoms with Crippen molar-refractivity contribution in [2.75, 3.05) is 41.9 Å². The number of carbonyl (C=O) groups is 1. The maximum Gasteiger partial charge on any atom is 0.264 e. The molecule has 0 radical (unpaired) electrons. The van der Waals surface area contributed by atoms with E-state index < -0.39 is 10.0 Å². The van der Waals surface area contributed by atoms with E-state index in [9.17, 15) is 17.6 Å².